The summed E-state index contributed by atoms with van der Waals surface area (Å²) in [5.41, 5.74) is 0. The van der Waals surface area contributed by atoms with Crippen molar-refractivity contribution >= 4 is 12.0 Å². The van der Waals surface area contributed by atoms with Crippen molar-refractivity contribution in [1.29, 1.82) is 0 Å². The maximum Gasteiger partial charge on any atom is 0.319 e. The van der Waals surface area contributed by atoms with Crippen LogP contribution in [-0.2, 0) is 4.79 Å². The van der Waals surface area contributed by atoms with Crippen molar-refractivity contribution in [3.8, 4) is 0 Å². The van der Waals surface area contributed by atoms with Gasteiger partial charge in [0, 0.05) is 26.7 Å². The maximum absolute atomic E-state index is 12.4. The van der Waals surface area contributed by atoms with Crippen molar-refractivity contribution < 1.29 is 14.7 Å². The molecular formula is C15H27N3O3. The number of nitrogens with zero attached hydrogens (tertiary/aromatic N) is 3. The zero-order valence-corrected chi connectivity index (χ0v) is 13.3. The molecule has 0 aromatic carbocycles. The number of hydrogen-bond donors (Lipinski definition) is 1. The first kappa shape index (κ1) is 16.1. The summed E-state index contributed by atoms with van der Waals surface area (Å²) < 4.78 is 0. The van der Waals surface area contributed by atoms with Crippen LogP contribution >= 0.6 is 0 Å². The topological polar surface area (TPSA) is 64.1 Å². The van der Waals surface area contributed by atoms with Crippen LogP contribution in [0.2, 0.25) is 0 Å². The van der Waals surface area contributed by atoms with Crippen molar-refractivity contribution in [1.82, 2.24) is 14.7 Å². The number of aliphatic carboxylic acids is 1. The summed E-state index contributed by atoms with van der Waals surface area (Å²) in [6, 6.07) is -0.0236. The summed E-state index contributed by atoms with van der Waals surface area (Å²) in [7, 11) is 3.96. The quantitative estimate of drug-likeness (QED) is 0.845. The molecule has 0 aromatic rings. The molecule has 2 rings (SSSR count). The van der Waals surface area contributed by atoms with Gasteiger partial charge in [0.05, 0.1) is 5.92 Å². The van der Waals surface area contributed by atoms with Gasteiger partial charge in [0.1, 0.15) is 0 Å². The minimum Gasteiger partial charge on any atom is -0.481 e. The highest BCUT2D eigenvalue weighted by molar-refractivity contribution is 5.77. The maximum atomic E-state index is 12.4. The molecule has 6 nitrogen and oxygen atoms in total. The lowest BCUT2D eigenvalue weighted by Gasteiger charge is -2.33. The number of likely N-dealkylation sites (tertiary alicyclic amines) is 2. The molecule has 6 heteroatoms. The Bertz CT molecular complexity index is 394. The molecule has 2 amide bonds. The van der Waals surface area contributed by atoms with Gasteiger partial charge in [-0.1, -0.05) is 6.92 Å². The summed E-state index contributed by atoms with van der Waals surface area (Å²) in [5, 5.41) is 9.15. The third-order valence-electron chi connectivity index (χ3n) is 4.90. The number of amides is 2. The van der Waals surface area contributed by atoms with E-state index in [0.717, 1.165) is 32.5 Å². The number of carbonyl (C=O) groups is 2. The summed E-state index contributed by atoms with van der Waals surface area (Å²) in [5.74, 6) is -0.630. The number of hydrogen-bond acceptors (Lipinski definition) is 3. The smallest absolute Gasteiger partial charge is 0.319 e. The standard InChI is InChI=1S/C15H27N3O3/c1-11-8-18(10-13(11)14(19)20)15(21)17(3)9-12-4-6-16(2)7-5-12/h11-13H,4-10H2,1-3H3,(H,19,20)/t11-,13-/m1/s1. The average Bonchev–Trinajstić information content (AvgIpc) is 2.82. The van der Waals surface area contributed by atoms with E-state index in [-0.39, 0.29) is 11.9 Å². The van der Waals surface area contributed by atoms with Crippen LogP contribution in [0.3, 0.4) is 0 Å². The van der Waals surface area contributed by atoms with Crippen molar-refractivity contribution in [3.05, 3.63) is 0 Å². The van der Waals surface area contributed by atoms with E-state index in [4.69, 9.17) is 5.11 Å². The fraction of sp³-hybridized carbons (Fsp3) is 0.867. The first-order chi connectivity index (χ1) is 9.88. The Kier molecular flexibility index (Phi) is 5.08. The molecule has 2 heterocycles. The van der Waals surface area contributed by atoms with Crippen LogP contribution in [0.15, 0.2) is 0 Å². The van der Waals surface area contributed by atoms with E-state index in [9.17, 15) is 9.59 Å². The molecule has 0 saturated carbocycles. The van der Waals surface area contributed by atoms with Crippen LogP contribution in [0.1, 0.15) is 19.8 Å². The fourth-order valence-corrected chi connectivity index (χ4v) is 3.40. The van der Waals surface area contributed by atoms with Crippen LogP contribution in [0.5, 0.6) is 0 Å². The normalized spacial score (nSPS) is 27.9. The van der Waals surface area contributed by atoms with E-state index in [0.29, 0.717) is 19.0 Å². The van der Waals surface area contributed by atoms with Crippen molar-refractivity contribution in [2.24, 2.45) is 17.8 Å². The van der Waals surface area contributed by atoms with Crippen molar-refractivity contribution in [3.63, 3.8) is 0 Å². The number of carboxylic acid groups (broad SMARTS) is 1. The fourth-order valence-electron chi connectivity index (χ4n) is 3.40. The zero-order valence-electron chi connectivity index (χ0n) is 13.3. The number of rotatable bonds is 3. The Morgan fingerprint density at radius 1 is 1.24 bits per heavy atom. The van der Waals surface area contributed by atoms with Gasteiger partial charge in [-0.3, -0.25) is 4.79 Å². The van der Waals surface area contributed by atoms with E-state index in [1.54, 1.807) is 9.80 Å². The highest BCUT2D eigenvalue weighted by atomic mass is 16.4. The van der Waals surface area contributed by atoms with E-state index in [1.165, 1.54) is 0 Å². The van der Waals surface area contributed by atoms with E-state index >= 15 is 0 Å². The lowest BCUT2D eigenvalue weighted by atomic mass is 9.97. The molecule has 2 saturated heterocycles. The Morgan fingerprint density at radius 2 is 1.86 bits per heavy atom. The number of carbonyl (C=O) groups excluding carboxylic acids is 1. The van der Waals surface area contributed by atoms with Gasteiger partial charge in [0.2, 0.25) is 0 Å². The molecule has 2 fully saturated rings. The first-order valence-corrected chi connectivity index (χ1v) is 7.80. The molecule has 0 unspecified atom stereocenters. The molecule has 2 aliphatic rings. The largest absolute Gasteiger partial charge is 0.481 e. The Hall–Kier alpha value is -1.30. The molecule has 2 aliphatic heterocycles. The van der Waals surface area contributed by atoms with Crippen molar-refractivity contribution in [2.75, 3.05) is 46.8 Å². The minimum absolute atomic E-state index is 0.0236. The monoisotopic (exact) mass is 297 g/mol. The number of carboxylic acids is 1. The summed E-state index contributed by atoms with van der Waals surface area (Å²) in [6.07, 6.45) is 2.25. The molecule has 0 bridgehead atoms. The minimum atomic E-state index is -0.796. The summed E-state index contributed by atoms with van der Waals surface area (Å²) in [4.78, 5) is 29.4. The van der Waals surface area contributed by atoms with Gasteiger partial charge in [-0.15, -0.1) is 0 Å². The molecule has 2 atom stereocenters. The second-order valence-electron chi connectivity index (χ2n) is 6.74. The van der Waals surface area contributed by atoms with Crippen LogP contribution in [0.4, 0.5) is 4.79 Å². The van der Waals surface area contributed by atoms with Gasteiger partial charge in [0.15, 0.2) is 0 Å². The van der Waals surface area contributed by atoms with Gasteiger partial charge >= 0.3 is 12.0 Å². The van der Waals surface area contributed by atoms with Gasteiger partial charge in [-0.2, -0.15) is 0 Å². The second-order valence-corrected chi connectivity index (χ2v) is 6.74. The van der Waals surface area contributed by atoms with Crippen LogP contribution in [-0.4, -0.2) is 78.6 Å². The Labute approximate surface area is 126 Å². The molecule has 21 heavy (non-hydrogen) atoms. The van der Waals surface area contributed by atoms with Crippen molar-refractivity contribution in [2.45, 2.75) is 19.8 Å². The number of urea groups is 1. The molecule has 0 spiro atoms. The van der Waals surface area contributed by atoms with Crippen LogP contribution in [0.25, 0.3) is 0 Å². The molecule has 0 aromatic heterocycles. The molecule has 0 aliphatic carbocycles. The third-order valence-corrected chi connectivity index (χ3v) is 4.90. The molecule has 120 valence electrons. The van der Waals surface area contributed by atoms with Gasteiger partial charge in [-0.25, -0.2) is 4.79 Å². The molecular weight excluding hydrogens is 270 g/mol. The Morgan fingerprint density at radius 3 is 2.38 bits per heavy atom. The zero-order chi connectivity index (χ0) is 15.6. The summed E-state index contributed by atoms with van der Waals surface area (Å²) >= 11 is 0. The average molecular weight is 297 g/mol. The lowest BCUT2D eigenvalue weighted by Crippen LogP contribution is -2.44. The SMILES string of the molecule is C[C@@H]1CN(C(=O)N(C)CC2CCN(C)CC2)C[C@H]1C(=O)O. The first-order valence-electron chi connectivity index (χ1n) is 7.80. The van der Waals surface area contributed by atoms with Crippen LogP contribution < -0.4 is 0 Å². The highest BCUT2D eigenvalue weighted by Crippen LogP contribution is 2.24. The molecule has 1 N–H and O–H groups in total. The third kappa shape index (κ3) is 3.87. The predicted octanol–water partition coefficient (Wildman–Crippen LogP) is 1.03. The van der Waals surface area contributed by atoms with Gasteiger partial charge in [0.25, 0.3) is 0 Å². The summed E-state index contributed by atoms with van der Waals surface area (Å²) in [6.45, 7) is 5.75. The predicted molar refractivity (Wildman–Crippen MR) is 80.1 cm³/mol. The highest BCUT2D eigenvalue weighted by Gasteiger charge is 2.38. The molecule has 0 radical (unpaired) electrons. The second kappa shape index (κ2) is 6.64. The van der Waals surface area contributed by atoms with Gasteiger partial charge in [-0.05, 0) is 44.8 Å². The van der Waals surface area contributed by atoms with E-state index < -0.39 is 11.9 Å². The number of piperidine rings is 1. The van der Waals surface area contributed by atoms with Gasteiger partial charge < -0.3 is 19.8 Å². The van der Waals surface area contributed by atoms with Crippen LogP contribution in [0, 0.1) is 17.8 Å². The van der Waals surface area contributed by atoms with E-state index in [1.807, 2.05) is 14.0 Å². The lowest BCUT2D eigenvalue weighted by molar-refractivity contribution is -0.142. The van der Waals surface area contributed by atoms with E-state index in [2.05, 4.69) is 11.9 Å². The Balaban J connectivity index is 1.84.